The molecule has 0 amide bonds. The van der Waals surface area contributed by atoms with E-state index >= 15 is 0 Å². The zero-order valence-electron chi connectivity index (χ0n) is 18.8. The fourth-order valence-electron chi connectivity index (χ4n) is 4.28. The molecule has 0 aliphatic carbocycles. The molecule has 4 heterocycles. The van der Waals surface area contributed by atoms with Gasteiger partial charge in [0.1, 0.15) is 19.0 Å². The fourth-order valence-corrected chi connectivity index (χ4v) is 4.28. The minimum Gasteiger partial charge on any atom is -0.463 e. The molecule has 178 valence electrons. The monoisotopic (exact) mass is 461 g/mol. The lowest BCUT2D eigenvalue weighted by Gasteiger charge is -2.27. The number of rotatable bonds is 6. The summed E-state index contributed by atoms with van der Waals surface area (Å²) in [7, 11) is 0. The molecule has 0 bridgehead atoms. The lowest BCUT2D eigenvalue weighted by Crippen LogP contribution is -2.40. The van der Waals surface area contributed by atoms with Crippen LogP contribution < -0.4 is 4.90 Å². The Morgan fingerprint density at radius 2 is 1.67 bits per heavy atom. The molecule has 2 aromatic heterocycles. The summed E-state index contributed by atoms with van der Waals surface area (Å²) >= 11 is 0. The molecule has 2 saturated heterocycles. The van der Waals surface area contributed by atoms with Crippen LogP contribution in [0, 0.1) is 0 Å². The Bertz CT molecular complexity index is 1040. The third-order valence-corrected chi connectivity index (χ3v) is 5.61. The number of hydrogen-bond acceptors (Lipinski definition) is 11. The van der Waals surface area contributed by atoms with E-state index in [1.54, 1.807) is 4.57 Å². The quantitative estimate of drug-likeness (QED) is 0.452. The summed E-state index contributed by atoms with van der Waals surface area (Å²) in [4.78, 5) is 50.5. The van der Waals surface area contributed by atoms with Crippen molar-refractivity contribution < 1.29 is 33.3 Å². The molecule has 12 heteroatoms. The van der Waals surface area contributed by atoms with E-state index in [-0.39, 0.29) is 6.61 Å². The van der Waals surface area contributed by atoms with Gasteiger partial charge in [-0.2, -0.15) is 0 Å². The lowest BCUT2D eigenvalue weighted by atomic mass is 10.1. The summed E-state index contributed by atoms with van der Waals surface area (Å²) in [6.07, 6.45) is 2.58. The topological polar surface area (TPSA) is 135 Å². The number of esters is 3. The number of piperidine rings is 1. The summed E-state index contributed by atoms with van der Waals surface area (Å²) < 4.78 is 23.7. The minimum atomic E-state index is -1.00. The van der Waals surface area contributed by atoms with Gasteiger partial charge >= 0.3 is 17.9 Å². The van der Waals surface area contributed by atoms with Crippen molar-refractivity contribution in [2.75, 3.05) is 24.6 Å². The number of hydrogen-bond donors (Lipinski definition) is 0. The second-order valence-electron chi connectivity index (χ2n) is 8.08. The first-order chi connectivity index (χ1) is 15.8. The van der Waals surface area contributed by atoms with E-state index in [4.69, 9.17) is 18.9 Å². The first-order valence-electron chi connectivity index (χ1n) is 10.9. The highest BCUT2D eigenvalue weighted by atomic mass is 16.7. The van der Waals surface area contributed by atoms with Crippen LogP contribution in [-0.2, 0) is 33.3 Å². The molecule has 2 fully saturated rings. The standard InChI is InChI=1S/C21H27N5O7/c1-12(27)30-9-15-17(31-13(2)28)18(32-14(3)29)21(33-15)26-11-24-16-19(22-10-23-20(16)26)25-7-5-4-6-8-25/h10-11,15,17-18,21H,4-9H2,1-3H3/t15-,17-,18-,21-/m1/s1. The summed E-state index contributed by atoms with van der Waals surface area (Å²) in [5.74, 6) is -0.945. The van der Waals surface area contributed by atoms with Crippen LogP contribution in [0.4, 0.5) is 5.82 Å². The van der Waals surface area contributed by atoms with Crippen LogP contribution in [0.1, 0.15) is 46.3 Å². The van der Waals surface area contributed by atoms with Gasteiger partial charge in [-0.3, -0.25) is 19.0 Å². The number of carbonyl (C=O) groups excluding carboxylic acids is 3. The number of carbonyl (C=O) groups is 3. The molecule has 2 aliphatic rings. The van der Waals surface area contributed by atoms with E-state index in [2.05, 4.69) is 19.9 Å². The van der Waals surface area contributed by atoms with Crippen molar-refractivity contribution in [2.45, 2.75) is 64.6 Å². The fraction of sp³-hybridized carbons (Fsp3) is 0.619. The highest BCUT2D eigenvalue weighted by molar-refractivity contribution is 5.83. The number of fused-ring (bicyclic) bond motifs is 1. The molecule has 0 spiro atoms. The van der Waals surface area contributed by atoms with Crippen LogP contribution in [-0.4, -0.2) is 75.4 Å². The van der Waals surface area contributed by atoms with Gasteiger partial charge in [0.15, 0.2) is 35.4 Å². The van der Waals surface area contributed by atoms with Gasteiger partial charge in [-0.25, -0.2) is 15.0 Å². The number of aromatic nitrogens is 4. The molecule has 0 N–H and O–H groups in total. The number of ether oxygens (including phenoxy) is 4. The number of nitrogens with zero attached hydrogens (tertiary/aromatic N) is 5. The SMILES string of the molecule is CC(=O)OC[C@H]1O[C@@H](n2cnc3c(N4CCCCC4)ncnc32)[C@H](OC(C)=O)[C@@H]1OC(C)=O. The summed E-state index contributed by atoms with van der Waals surface area (Å²) in [5, 5.41) is 0. The summed E-state index contributed by atoms with van der Waals surface area (Å²) in [6.45, 7) is 5.35. The average Bonchev–Trinajstić information content (AvgIpc) is 3.34. The Kier molecular flexibility index (Phi) is 6.72. The Balaban J connectivity index is 1.71. The van der Waals surface area contributed by atoms with Crippen LogP contribution >= 0.6 is 0 Å². The molecular weight excluding hydrogens is 434 g/mol. The smallest absolute Gasteiger partial charge is 0.303 e. The van der Waals surface area contributed by atoms with Crippen molar-refractivity contribution in [3.05, 3.63) is 12.7 Å². The van der Waals surface area contributed by atoms with Gasteiger partial charge in [0.05, 0.1) is 6.33 Å². The van der Waals surface area contributed by atoms with Crippen LogP contribution in [0.25, 0.3) is 11.2 Å². The Morgan fingerprint density at radius 1 is 0.970 bits per heavy atom. The molecular formula is C21H27N5O7. The Morgan fingerprint density at radius 3 is 2.33 bits per heavy atom. The third kappa shape index (κ3) is 4.90. The van der Waals surface area contributed by atoms with Gasteiger partial charge in [-0.1, -0.05) is 0 Å². The van der Waals surface area contributed by atoms with E-state index in [0.717, 1.165) is 31.7 Å². The molecule has 4 rings (SSSR count). The zero-order valence-corrected chi connectivity index (χ0v) is 18.8. The van der Waals surface area contributed by atoms with E-state index in [9.17, 15) is 14.4 Å². The van der Waals surface area contributed by atoms with Gasteiger partial charge in [0.25, 0.3) is 0 Å². The molecule has 4 atom stereocenters. The van der Waals surface area contributed by atoms with Crippen molar-refractivity contribution >= 4 is 34.9 Å². The van der Waals surface area contributed by atoms with Gasteiger partial charge in [0, 0.05) is 33.9 Å². The van der Waals surface area contributed by atoms with Crippen molar-refractivity contribution in [3.63, 3.8) is 0 Å². The van der Waals surface area contributed by atoms with Crippen molar-refractivity contribution in [3.8, 4) is 0 Å². The maximum atomic E-state index is 11.9. The van der Waals surface area contributed by atoms with Crippen molar-refractivity contribution in [1.29, 1.82) is 0 Å². The molecule has 0 unspecified atom stereocenters. The third-order valence-electron chi connectivity index (χ3n) is 5.61. The van der Waals surface area contributed by atoms with E-state index < -0.39 is 42.4 Å². The predicted octanol–water partition coefficient (Wildman–Crippen LogP) is 1.14. The zero-order chi connectivity index (χ0) is 23.5. The maximum Gasteiger partial charge on any atom is 0.303 e. The first-order valence-corrected chi connectivity index (χ1v) is 10.9. The van der Waals surface area contributed by atoms with Gasteiger partial charge in [0.2, 0.25) is 0 Å². The second-order valence-corrected chi connectivity index (χ2v) is 8.08. The average molecular weight is 461 g/mol. The normalized spacial score (nSPS) is 25.1. The van der Waals surface area contributed by atoms with E-state index in [1.807, 2.05) is 0 Å². The van der Waals surface area contributed by atoms with Gasteiger partial charge in [-0.05, 0) is 19.3 Å². The predicted molar refractivity (Wildman–Crippen MR) is 113 cm³/mol. The summed E-state index contributed by atoms with van der Waals surface area (Å²) in [6, 6.07) is 0. The minimum absolute atomic E-state index is 0.178. The van der Waals surface area contributed by atoms with Crippen LogP contribution in [0.15, 0.2) is 12.7 Å². The van der Waals surface area contributed by atoms with E-state index in [1.165, 1.54) is 39.8 Å². The number of anilines is 1. The Labute approximate surface area is 190 Å². The summed E-state index contributed by atoms with van der Waals surface area (Å²) in [5.41, 5.74) is 1.08. The van der Waals surface area contributed by atoms with Crippen molar-refractivity contribution in [1.82, 2.24) is 19.5 Å². The molecule has 0 aromatic carbocycles. The molecule has 0 saturated carbocycles. The lowest BCUT2D eigenvalue weighted by molar-refractivity contribution is -0.166. The highest BCUT2D eigenvalue weighted by Gasteiger charge is 2.51. The van der Waals surface area contributed by atoms with Crippen LogP contribution in [0.2, 0.25) is 0 Å². The molecule has 2 aromatic rings. The number of imidazole rings is 1. The molecule has 33 heavy (non-hydrogen) atoms. The molecule has 2 aliphatic heterocycles. The highest BCUT2D eigenvalue weighted by Crippen LogP contribution is 2.36. The Hall–Kier alpha value is -3.28. The molecule has 0 radical (unpaired) electrons. The largest absolute Gasteiger partial charge is 0.463 e. The van der Waals surface area contributed by atoms with Gasteiger partial charge < -0.3 is 23.8 Å². The van der Waals surface area contributed by atoms with E-state index in [0.29, 0.717) is 11.2 Å². The van der Waals surface area contributed by atoms with Gasteiger partial charge in [-0.15, -0.1) is 0 Å². The van der Waals surface area contributed by atoms with Crippen molar-refractivity contribution in [2.24, 2.45) is 0 Å². The molecule has 12 nitrogen and oxygen atoms in total. The second kappa shape index (κ2) is 9.69. The van der Waals surface area contributed by atoms with Crippen LogP contribution in [0.3, 0.4) is 0 Å². The maximum absolute atomic E-state index is 11.9. The first kappa shape index (κ1) is 22.9. The van der Waals surface area contributed by atoms with Crippen LogP contribution in [0.5, 0.6) is 0 Å².